The van der Waals surface area contributed by atoms with Crippen molar-refractivity contribution in [2.75, 3.05) is 58.1 Å². The van der Waals surface area contributed by atoms with Crippen molar-refractivity contribution in [3.8, 4) is 0 Å². The molecule has 5 aromatic rings. The van der Waals surface area contributed by atoms with E-state index in [-0.39, 0.29) is 16.9 Å². The second-order valence-electron chi connectivity index (χ2n) is 11.3. The minimum Gasteiger partial charge on any atom is -0.368 e. The highest BCUT2D eigenvalue weighted by Crippen LogP contribution is 2.33. The van der Waals surface area contributed by atoms with Gasteiger partial charge in [0.2, 0.25) is 11.2 Å². The average Bonchev–Trinajstić information content (AvgIpc) is 3.67. The molecule has 252 valence electrons. The summed E-state index contributed by atoms with van der Waals surface area (Å²) in [6.07, 6.45) is 4.87. The van der Waals surface area contributed by atoms with Gasteiger partial charge in [-0.3, -0.25) is 13.4 Å². The first-order chi connectivity index (χ1) is 23.8. The summed E-state index contributed by atoms with van der Waals surface area (Å²) in [7, 11) is -2.28. The fourth-order valence-electron chi connectivity index (χ4n) is 5.79. The average molecular weight is 722 g/mol. The van der Waals surface area contributed by atoms with Crippen LogP contribution in [0.2, 0.25) is 5.28 Å². The molecule has 1 saturated heterocycles. The smallest absolute Gasteiger partial charge is 0.227 e. The van der Waals surface area contributed by atoms with Crippen LogP contribution in [0, 0.1) is 11.6 Å². The van der Waals surface area contributed by atoms with Crippen LogP contribution in [-0.4, -0.2) is 71.0 Å². The number of aryl methyl sites for hydroxylation is 2. The van der Waals surface area contributed by atoms with E-state index in [0.717, 1.165) is 37.6 Å². The number of halogens is 3. The molecular weight excluding hydrogens is 692 g/mol. The van der Waals surface area contributed by atoms with E-state index in [0.29, 0.717) is 68.8 Å². The third-order valence-corrected chi connectivity index (χ3v) is 11.2. The van der Waals surface area contributed by atoms with Gasteiger partial charge < -0.3 is 20.4 Å². The van der Waals surface area contributed by atoms with E-state index in [1.54, 1.807) is 36.7 Å². The molecule has 11 nitrogen and oxygen atoms in total. The maximum Gasteiger partial charge on any atom is 0.227 e. The van der Waals surface area contributed by atoms with Gasteiger partial charge in [-0.05, 0) is 60.1 Å². The molecule has 2 aromatic carbocycles. The van der Waals surface area contributed by atoms with Crippen LogP contribution >= 0.6 is 11.6 Å². The minimum atomic E-state index is -1.15. The molecule has 0 saturated carbocycles. The van der Waals surface area contributed by atoms with Gasteiger partial charge in [0.1, 0.15) is 21.4 Å². The molecule has 0 bridgehead atoms. The number of nitrogens with zero attached hydrogens (tertiary/aromatic N) is 7. The van der Waals surface area contributed by atoms with Crippen molar-refractivity contribution in [2.45, 2.75) is 22.6 Å². The zero-order chi connectivity index (χ0) is 33.9. The molecule has 3 aromatic heterocycles. The van der Waals surface area contributed by atoms with Crippen molar-refractivity contribution in [2.24, 2.45) is 0 Å². The highest BCUT2D eigenvalue weighted by molar-refractivity contribution is 7.85. The maximum absolute atomic E-state index is 13.6. The van der Waals surface area contributed by atoms with Gasteiger partial charge in [-0.2, -0.15) is 9.97 Å². The van der Waals surface area contributed by atoms with Crippen molar-refractivity contribution in [1.29, 1.82) is 0 Å². The van der Waals surface area contributed by atoms with Crippen LogP contribution < -0.4 is 20.4 Å². The second-order valence-corrected chi connectivity index (χ2v) is 14.7. The number of aromatic nitrogens is 5. The molecule has 49 heavy (non-hydrogen) atoms. The number of fused-ring (bicyclic) bond motifs is 2. The summed E-state index contributed by atoms with van der Waals surface area (Å²) in [5, 5.41) is 6.20. The van der Waals surface area contributed by atoms with Gasteiger partial charge in [-0.15, -0.1) is 0 Å². The summed E-state index contributed by atoms with van der Waals surface area (Å²) in [5.74, 6) is 1.89. The predicted octanol–water partition coefficient (Wildman–Crippen LogP) is 5.42. The Morgan fingerprint density at radius 3 is 1.78 bits per heavy atom. The Balaban J connectivity index is 0.000000171. The lowest BCUT2D eigenvalue weighted by Gasteiger charge is -2.36. The van der Waals surface area contributed by atoms with E-state index in [4.69, 9.17) is 21.6 Å². The number of nitrogens with one attached hydrogen (secondary N) is 2. The van der Waals surface area contributed by atoms with Gasteiger partial charge in [-0.25, -0.2) is 18.7 Å². The van der Waals surface area contributed by atoms with Gasteiger partial charge in [0.15, 0.2) is 11.6 Å². The van der Waals surface area contributed by atoms with Crippen molar-refractivity contribution in [3.63, 3.8) is 0 Å². The van der Waals surface area contributed by atoms with Crippen LogP contribution in [-0.2, 0) is 34.4 Å². The van der Waals surface area contributed by atoms with Crippen LogP contribution in [0.5, 0.6) is 0 Å². The number of rotatable bonds is 6. The van der Waals surface area contributed by atoms with Gasteiger partial charge in [0, 0.05) is 80.0 Å². The van der Waals surface area contributed by atoms with Crippen LogP contribution in [0.15, 0.2) is 82.8 Å². The molecule has 0 aliphatic carbocycles. The Bertz CT molecular complexity index is 2050. The van der Waals surface area contributed by atoms with Gasteiger partial charge in [0.25, 0.3) is 0 Å². The number of benzene rings is 2. The minimum absolute atomic E-state index is 0.0940. The number of pyridine rings is 1. The molecular formula is C33H30ClF2N9O2S2. The molecule has 8 rings (SSSR count). The SMILES string of the molecule is O=S1CCc2nc(Cl)nc(Nc3cccc(F)c3)c21.O=S1CCc2nc(N3CCN(c4ccncc4)CC3)nc(Nc3cccc(F)c3)c21. The molecule has 2 atom stereocenters. The zero-order valence-electron chi connectivity index (χ0n) is 26.0. The molecule has 0 spiro atoms. The summed E-state index contributed by atoms with van der Waals surface area (Å²) in [6.45, 7) is 3.26. The van der Waals surface area contributed by atoms with Crippen molar-refractivity contribution < 1.29 is 17.2 Å². The molecule has 0 amide bonds. The van der Waals surface area contributed by atoms with Gasteiger partial charge >= 0.3 is 0 Å². The third kappa shape index (κ3) is 7.53. The second kappa shape index (κ2) is 14.5. The van der Waals surface area contributed by atoms with Crippen molar-refractivity contribution in [1.82, 2.24) is 24.9 Å². The number of anilines is 6. The molecule has 3 aliphatic rings. The van der Waals surface area contributed by atoms with Gasteiger partial charge in [0.05, 0.1) is 33.0 Å². The molecule has 16 heteroatoms. The Hall–Kier alpha value is -4.60. The summed E-state index contributed by atoms with van der Waals surface area (Å²) in [6, 6.07) is 16.2. The third-order valence-electron chi connectivity index (χ3n) is 8.10. The van der Waals surface area contributed by atoms with Gasteiger partial charge in [-0.1, -0.05) is 12.1 Å². The van der Waals surface area contributed by atoms with Crippen molar-refractivity contribution >= 4 is 67.8 Å². The Morgan fingerprint density at radius 1 is 0.673 bits per heavy atom. The highest BCUT2D eigenvalue weighted by Gasteiger charge is 2.29. The molecule has 1 fully saturated rings. The number of hydrogen-bond acceptors (Lipinski definition) is 11. The first-order valence-corrected chi connectivity index (χ1v) is 18.5. The Labute approximate surface area is 291 Å². The quantitative estimate of drug-likeness (QED) is 0.218. The normalized spacial score (nSPS) is 17.9. The van der Waals surface area contributed by atoms with E-state index in [1.807, 2.05) is 12.1 Å². The van der Waals surface area contributed by atoms with Crippen LogP contribution in [0.3, 0.4) is 0 Å². The van der Waals surface area contributed by atoms with Crippen LogP contribution in [0.1, 0.15) is 11.4 Å². The lowest BCUT2D eigenvalue weighted by Crippen LogP contribution is -2.47. The number of hydrogen-bond donors (Lipinski definition) is 2. The summed E-state index contributed by atoms with van der Waals surface area (Å²) >= 11 is 5.84. The van der Waals surface area contributed by atoms with E-state index in [1.165, 1.54) is 24.3 Å². The lowest BCUT2D eigenvalue weighted by molar-refractivity contribution is 0.628. The summed E-state index contributed by atoms with van der Waals surface area (Å²) in [5.41, 5.74) is 3.77. The fraction of sp³-hybridized carbons (Fsp3) is 0.242. The maximum atomic E-state index is 13.6. The molecule has 3 aliphatic heterocycles. The van der Waals surface area contributed by atoms with E-state index >= 15 is 0 Å². The Kier molecular flexibility index (Phi) is 9.73. The summed E-state index contributed by atoms with van der Waals surface area (Å²) in [4.78, 5) is 27.3. The van der Waals surface area contributed by atoms with E-state index in [2.05, 4.69) is 35.4 Å². The Morgan fingerprint density at radius 2 is 1.20 bits per heavy atom. The molecule has 6 heterocycles. The number of piperazine rings is 1. The predicted molar refractivity (Wildman–Crippen MR) is 187 cm³/mol. The zero-order valence-corrected chi connectivity index (χ0v) is 28.4. The molecule has 2 N–H and O–H groups in total. The van der Waals surface area contributed by atoms with E-state index < -0.39 is 21.6 Å². The molecule has 0 radical (unpaired) electrons. The van der Waals surface area contributed by atoms with Crippen LogP contribution in [0.4, 0.5) is 43.4 Å². The van der Waals surface area contributed by atoms with E-state index in [9.17, 15) is 17.2 Å². The fourth-order valence-corrected chi connectivity index (χ4v) is 8.59. The van der Waals surface area contributed by atoms with Crippen molar-refractivity contribution in [3.05, 3.63) is 101 Å². The molecule has 2 unspecified atom stereocenters. The lowest BCUT2D eigenvalue weighted by atomic mass is 10.2. The first-order valence-electron chi connectivity index (χ1n) is 15.5. The summed E-state index contributed by atoms with van der Waals surface area (Å²) < 4.78 is 51.2. The highest BCUT2D eigenvalue weighted by atomic mass is 35.5. The topological polar surface area (TPSA) is 129 Å². The largest absolute Gasteiger partial charge is 0.368 e. The standard InChI is InChI=1S/C21H21FN6OS.C12H9ClFN3OS/c22-15-2-1-3-16(14-15)24-20-19-18(6-13-30(19)29)25-21(26-20)28-11-9-27(10-12-28)17-4-7-23-8-5-17;13-12-16-9-4-5-19(18)10(9)11(17-12)15-8-3-1-2-7(14)6-8/h1-5,7-8,14H,6,9-13H2,(H,24,25,26);1-3,6H,4-5H2,(H,15,16,17). The van der Waals surface area contributed by atoms with Crippen LogP contribution in [0.25, 0.3) is 0 Å². The monoisotopic (exact) mass is 721 g/mol. The first kappa shape index (κ1) is 32.9.